The highest BCUT2D eigenvalue weighted by molar-refractivity contribution is 6.18. The molecular weight excluding hydrogens is 283 g/mol. The van der Waals surface area contributed by atoms with E-state index in [0.29, 0.717) is 6.07 Å². The summed E-state index contributed by atoms with van der Waals surface area (Å²) in [6.45, 7) is 1.19. The second-order valence-corrected chi connectivity index (χ2v) is 3.81. The summed E-state index contributed by atoms with van der Waals surface area (Å²) in [7, 11) is 0. The Hall–Kier alpha value is -2.09. The van der Waals surface area contributed by atoms with Gasteiger partial charge in [0.2, 0.25) is 5.82 Å². The van der Waals surface area contributed by atoms with Gasteiger partial charge in [-0.15, -0.1) is 11.6 Å². The summed E-state index contributed by atoms with van der Waals surface area (Å²) in [4.78, 5) is 20.8. The number of rotatable bonds is 4. The number of benzene rings is 1. The number of ether oxygens (including phenoxy) is 1. The second-order valence-electron chi connectivity index (χ2n) is 3.44. The van der Waals surface area contributed by atoms with Gasteiger partial charge in [-0.25, -0.2) is 4.79 Å². The molecule has 0 unspecified atom stereocenters. The predicted octanol–water partition coefficient (Wildman–Crippen LogP) is 2.54. The van der Waals surface area contributed by atoms with Crippen LogP contribution in [0.25, 0.3) is 0 Å². The Morgan fingerprint density at radius 2 is 2.32 bits per heavy atom. The number of alkyl halides is 1. The normalized spacial score (nSPS) is 10.1. The fourth-order valence-corrected chi connectivity index (χ4v) is 1.35. The SMILES string of the molecule is Cc1c(O)cc([N+](=O)[O-])c(F)c1NC(=O)OCCCl. The van der Waals surface area contributed by atoms with E-state index < -0.39 is 34.0 Å². The number of nitro groups is 1. The number of hydrogen-bond acceptors (Lipinski definition) is 5. The Labute approximate surface area is 112 Å². The first kappa shape index (κ1) is 15.0. The van der Waals surface area contributed by atoms with Crippen LogP contribution >= 0.6 is 11.6 Å². The molecule has 1 aromatic carbocycles. The summed E-state index contributed by atoms with van der Waals surface area (Å²) >= 11 is 5.29. The Balaban J connectivity index is 3.12. The molecule has 104 valence electrons. The van der Waals surface area contributed by atoms with E-state index in [4.69, 9.17) is 11.6 Å². The molecule has 0 saturated heterocycles. The van der Waals surface area contributed by atoms with Gasteiger partial charge in [0.25, 0.3) is 0 Å². The smallest absolute Gasteiger partial charge is 0.411 e. The fraction of sp³-hybridized carbons (Fsp3) is 0.300. The van der Waals surface area contributed by atoms with E-state index in [-0.39, 0.29) is 18.1 Å². The zero-order valence-corrected chi connectivity index (χ0v) is 10.5. The molecule has 7 nitrogen and oxygen atoms in total. The number of phenols is 1. The summed E-state index contributed by atoms with van der Waals surface area (Å²) in [5.74, 6) is -1.72. The number of phenolic OH excluding ortho intramolecular Hbond substituents is 1. The average Bonchev–Trinajstić information content (AvgIpc) is 2.36. The van der Waals surface area contributed by atoms with Crippen LogP contribution in [-0.2, 0) is 4.74 Å². The molecule has 19 heavy (non-hydrogen) atoms. The Morgan fingerprint density at radius 3 is 2.84 bits per heavy atom. The maximum Gasteiger partial charge on any atom is 0.411 e. The van der Waals surface area contributed by atoms with E-state index in [2.05, 4.69) is 4.74 Å². The number of hydrogen-bond donors (Lipinski definition) is 2. The lowest BCUT2D eigenvalue weighted by molar-refractivity contribution is -0.387. The van der Waals surface area contributed by atoms with Gasteiger partial charge in [0.1, 0.15) is 12.4 Å². The molecule has 0 fully saturated rings. The van der Waals surface area contributed by atoms with Gasteiger partial charge in [-0.1, -0.05) is 0 Å². The van der Waals surface area contributed by atoms with Crippen molar-refractivity contribution in [1.82, 2.24) is 0 Å². The van der Waals surface area contributed by atoms with E-state index in [0.717, 1.165) is 0 Å². The highest BCUT2D eigenvalue weighted by Gasteiger charge is 2.24. The fourth-order valence-electron chi connectivity index (χ4n) is 1.27. The molecular formula is C10H10ClFN2O5. The van der Waals surface area contributed by atoms with Gasteiger partial charge in [0.05, 0.1) is 22.6 Å². The number of nitrogens with zero attached hydrogens (tertiary/aromatic N) is 1. The molecule has 0 saturated carbocycles. The van der Waals surface area contributed by atoms with Crippen molar-refractivity contribution in [1.29, 1.82) is 0 Å². The van der Waals surface area contributed by atoms with E-state index in [1.165, 1.54) is 6.92 Å². The number of carbonyl (C=O) groups is 1. The lowest BCUT2D eigenvalue weighted by atomic mass is 10.1. The van der Waals surface area contributed by atoms with Gasteiger partial charge in [-0.05, 0) is 6.92 Å². The first-order valence-electron chi connectivity index (χ1n) is 5.04. The van der Waals surface area contributed by atoms with Crippen molar-refractivity contribution >= 4 is 29.1 Å². The number of nitrogens with one attached hydrogen (secondary N) is 1. The number of amides is 1. The maximum atomic E-state index is 13.8. The Kier molecular flexibility index (Phi) is 4.87. The lowest BCUT2D eigenvalue weighted by Crippen LogP contribution is -2.17. The zero-order chi connectivity index (χ0) is 14.6. The molecule has 0 aliphatic heterocycles. The number of halogens is 2. The monoisotopic (exact) mass is 292 g/mol. The summed E-state index contributed by atoms with van der Waals surface area (Å²) in [6, 6.07) is 0.667. The van der Waals surface area contributed by atoms with Crippen molar-refractivity contribution in [3.05, 3.63) is 27.6 Å². The van der Waals surface area contributed by atoms with Crippen LogP contribution in [0.4, 0.5) is 20.6 Å². The zero-order valence-electron chi connectivity index (χ0n) is 9.77. The molecule has 0 radical (unpaired) electrons. The minimum atomic E-state index is -1.26. The summed E-state index contributed by atoms with van der Waals surface area (Å²) in [5.41, 5.74) is -1.51. The van der Waals surface area contributed by atoms with Crippen molar-refractivity contribution < 1.29 is 24.0 Å². The summed E-state index contributed by atoms with van der Waals surface area (Å²) in [6.07, 6.45) is -1.03. The summed E-state index contributed by atoms with van der Waals surface area (Å²) < 4.78 is 18.3. The molecule has 1 aromatic rings. The predicted molar refractivity (Wildman–Crippen MR) is 65.1 cm³/mol. The van der Waals surface area contributed by atoms with Gasteiger partial charge in [0.15, 0.2) is 0 Å². The third-order valence-corrected chi connectivity index (χ3v) is 2.37. The molecule has 0 aliphatic carbocycles. The van der Waals surface area contributed by atoms with Crippen molar-refractivity contribution in [3.63, 3.8) is 0 Å². The van der Waals surface area contributed by atoms with Gasteiger partial charge in [-0.2, -0.15) is 4.39 Å². The van der Waals surface area contributed by atoms with Crippen LogP contribution in [0, 0.1) is 22.9 Å². The van der Waals surface area contributed by atoms with Crippen molar-refractivity contribution in [2.75, 3.05) is 17.8 Å². The lowest BCUT2D eigenvalue weighted by Gasteiger charge is -2.11. The molecule has 1 amide bonds. The third kappa shape index (κ3) is 3.44. The number of anilines is 1. The van der Waals surface area contributed by atoms with E-state index in [1.54, 1.807) is 0 Å². The standard InChI is InChI=1S/C10H10ClFN2O5/c1-5-7(15)4-6(14(17)18)8(12)9(5)13-10(16)19-3-2-11/h4,15H,2-3H2,1H3,(H,13,16). The minimum absolute atomic E-state index is 0.0501. The third-order valence-electron chi connectivity index (χ3n) is 2.21. The van der Waals surface area contributed by atoms with Crippen LogP contribution in [-0.4, -0.2) is 28.6 Å². The first-order valence-corrected chi connectivity index (χ1v) is 5.58. The highest BCUT2D eigenvalue weighted by atomic mass is 35.5. The highest BCUT2D eigenvalue weighted by Crippen LogP contribution is 2.34. The van der Waals surface area contributed by atoms with E-state index in [9.17, 15) is 24.4 Å². The van der Waals surface area contributed by atoms with Crippen LogP contribution in [0.5, 0.6) is 5.75 Å². The van der Waals surface area contributed by atoms with Crippen molar-refractivity contribution in [2.45, 2.75) is 6.92 Å². The van der Waals surface area contributed by atoms with E-state index in [1.807, 2.05) is 5.32 Å². The molecule has 0 bridgehead atoms. The van der Waals surface area contributed by atoms with Crippen LogP contribution in [0.15, 0.2) is 6.07 Å². The molecule has 0 atom stereocenters. The van der Waals surface area contributed by atoms with Crippen LogP contribution in [0.2, 0.25) is 0 Å². The van der Waals surface area contributed by atoms with Crippen molar-refractivity contribution in [2.24, 2.45) is 0 Å². The largest absolute Gasteiger partial charge is 0.507 e. The van der Waals surface area contributed by atoms with Gasteiger partial charge in [-0.3, -0.25) is 15.4 Å². The van der Waals surface area contributed by atoms with Gasteiger partial charge < -0.3 is 9.84 Å². The van der Waals surface area contributed by atoms with Gasteiger partial charge in [0, 0.05) is 5.56 Å². The summed E-state index contributed by atoms with van der Waals surface area (Å²) in [5, 5.41) is 22.0. The topological polar surface area (TPSA) is 102 Å². The Bertz CT molecular complexity index is 523. The molecule has 0 heterocycles. The number of aromatic hydroxyl groups is 1. The van der Waals surface area contributed by atoms with Crippen LogP contribution < -0.4 is 5.32 Å². The molecule has 1 rings (SSSR count). The number of nitro benzene ring substituents is 1. The maximum absolute atomic E-state index is 13.8. The molecule has 0 aliphatic rings. The first-order chi connectivity index (χ1) is 8.88. The minimum Gasteiger partial charge on any atom is -0.507 e. The van der Waals surface area contributed by atoms with E-state index >= 15 is 0 Å². The average molecular weight is 293 g/mol. The Morgan fingerprint density at radius 1 is 1.68 bits per heavy atom. The second kappa shape index (κ2) is 6.19. The number of carbonyl (C=O) groups excluding carboxylic acids is 1. The van der Waals surface area contributed by atoms with Crippen LogP contribution in [0.1, 0.15) is 5.56 Å². The molecule has 9 heteroatoms. The molecule has 0 aromatic heterocycles. The van der Waals surface area contributed by atoms with Gasteiger partial charge >= 0.3 is 11.8 Å². The quantitative estimate of drug-likeness (QED) is 0.504. The molecule has 2 N–H and O–H groups in total. The molecule has 0 spiro atoms. The van der Waals surface area contributed by atoms with Crippen molar-refractivity contribution in [3.8, 4) is 5.75 Å². The van der Waals surface area contributed by atoms with Crippen LogP contribution in [0.3, 0.4) is 0 Å².